The number of likely N-dealkylation sites (N-methyl/N-ethyl adjacent to an activating group) is 1. The Kier molecular flexibility index (Phi) is 10.5. The highest BCUT2D eigenvalue weighted by molar-refractivity contribution is 14.0. The van der Waals surface area contributed by atoms with E-state index in [2.05, 4.69) is 74.7 Å². The molecule has 0 bridgehead atoms. The second-order valence-electron chi connectivity index (χ2n) is 8.37. The molecule has 0 radical (unpaired) electrons. The number of aryl methyl sites for hydroxylation is 1. The van der Waals surface area contributed by atoms with Crippen LogP contribution in [0.25, 0.3) is 0 Å². The Morgan fingerprint density at radius 3 is 2.44 bits per heavy atom. The van der Waals surface area contributed by atoms with Gasteiger partial charge in [-0.2, -0.15) is 0 Å². The van der Waals surface area contributed by atoms with Crippen molar-refractivity contribution in [2.45, 2.75) is 40.0 Å². The molecule has 0 amide bonds. The molecule has 32 heavy (non-hydrogen) atoms. The Hall–Kier alpha value is -2.07. The molecule has 1 fully saturated rings. The molecule has 0 spiro atoms. The van der Waals surface area contributed by atoms with Crippen LogP contribution in [-0.4, -0.2) is 62.2 Å². The summed E-state index contributed by atoms with van der Waals surface area (Å²) in [6.07, 6.45) is 2.09. The maximum atomic E-state index is 5.97. The first kappa shape index (κ1) is 26.2. The largest absolute Gasteiger partial charge is 0.491 e. The van der Waals surface area contributed by atoms with Gasteiger partial charge in [-0.3, -0.25) is 4.99 Å². The van der Waals surface area contributed by atoms with Gasteiger partial charge in [0, 0.05) is 58.1 Å². The number of benzene rings is 1. The normalized spacial score (nSPS) is 14.8. The van der Waals surface area contributed by atoms with Crippen LogP contribution in [0.5, 0.6) is 5.75 Å². The fraction of sp³-hybridized carbons (Fsp3) is 0.500. The maximum absolute atomic E-state index is 5.97. The van der Waals surface area contributed by atoms with Gasteiger partial charge in [0.15, 0.2) is 5.96 Å². The average Bonchev–Trinajstić information content (AvgIpc) is 2.75. The van der Waals surface area contributed by atoms with E-state index in [1.165, 1.54) is 5.56 Å². The van der Waals surface area contributed by atoms with E-state index >= 15 is 0 Å². The first-order chi connectivity index (χ1) is 14.9. The lowest BCUT2D eigenvalue weighted by Crippen LogP contribution is -2.44. The van der Waals surface area contributed by atoms with Crippen LogP contribution in [0.1, 0.15) is 30.5 Å². The van der Waals surface area contributed by atoms with Crippen LogP contribution in [0.15, 0.2) is 41.5 Å². The average molecular weight is 553 g/mol. The molecular formula is C24H37IN6O. The summed E-state index contributed by atoms with van der Waals surface area (Å²) >= 11 is 0. The summed E-state index contributed by atoms with van der Waals surface area (Å²) in [6, 6.07) is 10.5. The van der Waals surface area contributed by atoms with Gasteiger partial charge in [-0.25, -0.2) is 4.98 Å². The lowest BCUT2D eigenvalue weighted by atomic mass is 10.1. The third-order valence-electron chi connectivity index (χ3n) is 5.35. The zero-order valence-corrected chi connectivity index (χ0v) is 22.2. The van der Waals surface area contributed by atoms with E-state index < -0.39 is 0 Å². The minimum Gasteiger partial charge on any atom is -0.491 e. The van der Waals surface area contributed by atoms with Crippen LogP contribution in [0.4, 0.5) is 5.82 Å². The Labute approximate surface area is 209 Å². The first-order valence-electron chi connectivity index (χ1n) is 11.0. The Bertz CT molecular complexity index is 863. The molecule has 1 aromatic heterocycles. The van der Waals surface area contributed by atoms with Crippen LogP contribution >= 0.6 is 24.0 Å². The summed E-state index contributed by atoms with van der Waals surface area (Å²) < 4.78 is 5.97. The number of anilines is 1. The number of piperazine rings is 1. The van der Waals surface area contributed by atoms with Crippen LogP contribution < -0.4 is 20.3 Å². The molecule has 7 nitrogen and oxygen atoms in total. The Morgan fingerprint density at radius 1 is 1.09 bits per heavy atom. The molecule has 0 aliphatic carbocycles. The molecule has 1 aliphatic heterocycles. The van der Waals surface area contributed by atoms with Gasteiger partial charge < -0.3 is 25.2 Å². The van der Waals surface area contributed by atoms with Gasteiger partial charge in [0.25, 0.3) is 0 Å². The third kappa shape index (κ3) is 7.81. The molecule has 2 heterocycles. The fourth-order valence-electron chi connectivity index (χ4n) is 3.50. The smallest absolute Gasteiger partial charge is 0.191 e. The van der Waals surface area contributed by atoms with Crippen molar-refractivity contribution >= 4 is 35.8 Å². The highest BCUT2D eigenvalue weighted by atomic mass is 127. The Morgan fingerprint density at radius 2 is 1.81 bits per heavy atom. The lowest BCUT2D eigenvalue weighted by Gasteiger charge is -2.33. The number of aromatic nitrogens is 1. The minimum absolute atomic E-state index is 0. The van der Waals surface area contributed by atoms with Gasteiger partial charge in [-0.15, -0.1) is 24.0 Å². The summed E-state index contributed by atoms with van der Waals surface area (Å²) in [6.45, 7) is 11.7. The molecule has 1 aliphatic rings. The number of nitrogens with one attached hydrogen (secondary N) is 2. The number of guanidine groups is 1. The Balaban J connectivity index is 0.00000363. The molecule has 1 aromatic carbocycles. The number of pyridine rings is 1. The topological polar surface area (TPSA) is 65.0 Å². The van der Waals surface area contributed by atoms with E-state index in [0.29, 0.717) is 13.1 Å². The van der Waals surface area contributed by atoms with Crippen molar-refractivity contribution in [3.63, 3.8) is 0 Å². The number of aliphatic imine (C=N–C) groups is 1. The first-order valence-corrected chi connectivity index (χ1v) is 11.0. The number of rotatable bonds is 7. The zero-order valence-electron chi connectivity index (χ0n) is 19.9. The molecule has 3 rings (SSSR count). The number of hydrogen-bond donors (Lipinski definition) is 2. The quantitative estimate of drug-likeness (QED) is 0.312. The second kappa shape index (κ2) is 12.8. The van der Waals surface area contributed by atoms with Crippen LogP contribution in [0, 0.1) is 6.92 Å². The lowest BCUT2D eigenvalue weighted by molar-refractivity contribution is 0.239. The van der Waals surface area contributed by atoms with E-state index in [0.717, 1.165) is 54.8 Å². The minimum atomic E-state index is 0. The van der Waals surface area contributed by atoms with Gasteiger partial charge in [0.2, 0.25) is 0 Å². The summed E-state index contributed by atoms with van der Waals surface area (Å²) in [4.78, 5) is 13.7. The number of nitrogens with zero attached hydrogens (tertiary/aromatic N) is 4. The molecule has 176 valence electrons. The van der Waals surface area contributed by atoms with Crippen molar-refractivity contribution in [1.29, 1.82) is 0 Å². The van der Waals surface area contributed by atoms with Crippen molar-refractivity contribution in [2.75, 3.05) is 45.2 Å². The predicted octanol–water partition coefficient (Wildman–Crippen LogP) is 3.41. The summed E-state index contributed by atoms with van der Waals surface area (Å²) in [5.74, 6) is 2.72. The summed E-state index contributed by atoms with van der Waals surface area (Å²) in [5, 5.41) is 6.75. The molecule has 1 saturated heterocycles. The van der Waals surface area contributed by atoms with Crippen molar-refractivity contribution in [2.24, 2.45) is 4.99 Å². The standard InChI is InChI=1S/C24H36N6O.HI/c1-18(2)31-22-14-19(3)6-8-21(22)17-28-24(25-4)27-16-20-7-9-23(26-15-20)30-12-10-29(5)11-13-30;/h6-9,14-15,18H,10-13,16-17H2,1-5H3,(H2,25,27,28);1H. The highest BCUT2D eigenvalue weighted by Crippen LogP contribution is 2.21. The summed E-state index contributed by atoms with van der Waals surface area (Å²) in [5.41, 5.74) is 3.43. The second-order valence-corrected chi connectivity index (χ2v) is 8.37. The monoisotopic (exact) mass is 552 g/mol. The van der Waals surface area contributed by atoms with E-state index in [4.69, 9.17) is 4.74 Å². The zero-order chi connectivity index (χ0) is 22.2. The van der Waals surface area contributed by atoms with Gasteiger partial charge >= 0.3 is 0 Å². The van der Waals surface area contributed by atoms with Crippen molar-refractivity contribution in [1.82, 2.24) is 20.5 Å². The van der Waals surface area contributed by atoms with Crippen molar-refractivity contribution < 1.29 is 4.74 Å². The molecule has 8 heteroatoms. The van der Waals surface area contributed by atoms with E-state index in [-0.39, 0.29) is 30.1 Å². The van der Waals surface area contributed by atoms with E-state index in [1.54, 1.807) is 7.05 Å². The molecular weight excluding hydrogens is 515 g/mol. The molecule has 2 aromatic rings. The van der Waals surface area contributed by atoms with Gasteiger partial charge in [-0.05, 0) is 51.1 Å². The van der Waals surface area contributed by atoms with Gasteiger partial charge in [0.05, 0.1) is 6.10 Å². The van der Waals surface area contributed by atoms with Gasteiger partial charge in [-0.1, -0.05) is 18.2 Å². The molecule has 0 saturated carbocycles. The van der Waals surface area contributed by atoms with Crippen molar-refractivity contribution in [3.8, 4) is 5.75 Å². The third-order valence-corrected chi connectivity index (χ3v) is 5.35. The van der Waals surface area contributed by atoms with Gasteiger partial charge in [0.1, 0.15) is 11.6 Å². The number of halogens is 1. The predicted molar refractivity (Wildman–Crippen MR) is 143 cm³/mol. The SMILES string of the molecule is CN=C(NCc1ccc(N2CCN(C)CC2)nc1)NCc1ccc(C)cc1OC(C)C.I. The summed E-state index contributed by atoms with van der Waals surface area (Å²) in [7, 11) is 3.95. The fourth-order valence-corrected chi connectivity index (χ4v) is 3.50. The highest BCUT2D eigenvalue weighted by Gasteiger charge is 2.15. The maximum Gasteiger partial charge on any atom is 0.191 e. The van der Waals surface area contributed by atoms with Crippen LogP contribution in [0.3, 0.4) is 0 Å². The van der Waals surface area contributed by atoms with Crippen molar-refractivity contribution in [3.05, 3.63) is 53.2 Å². The van der Waals surface area contributed by atoms with Crippen LogP contribution in [0.2, 0.25) is 0 Å². The number of ether oxygens (including phenoxy) is 1. The number of hydrogen-bond acceptors (Lipinski definition) is 5. The molecule has 0 unspecified atom stereocenters. The molecule has 0 atom stereocenters. The molecule has 2 N–H and O–H groups in total. The van der Waals surface area contributed by atoms with Crippen LogP contribution in [-0.2, 0) is 13.1 Å². The van der Waals surface area contributed by atoms with E-state index in [1.807, 2.05) is 20.0 Å². The van der Waals surface area contributed by atoms with E-state index in [9.17, 15) is 0 Å².